The van der Waals surface area contributed by atoms with Crippen LogP contribution in [0, 0.1) is 17.1 Å². The van der Waals surface area contributed by atoms with Crippen molar-refractivity contribution in [3.8, 4) is 11.8 Å². The minimum absolute atomic E-state index is 0.0122. The van der Waals surface area contributed by atoms with Gasteiger partial charge < -0.3 is 9.64 Å². The number of hydrogen-bond donors (Lipinski definition) is 1. The van der Waals surface area contributed by atoms with Crippen LogP contribution in [-0.2, 0) is 4.79 Å². The number of methoxy groups -OCH3 is 1. The number of nitrogens with one attached hydrogen (secondary N) is 1. The third-order valence-electron chi connectivity index (χ3n) is 5.69. The van der Waals surface area contributed by atoms with Crippen LogP contribution in [0.5, 0.6) is 5.75 Å². The van der Waals surface area contributed by atoms with Crippen molar-refractivity contribution in [2.75, 3.05) is 18.6 Å². The number of halogens is 2. The molecule has 1 aromatic carbocycles. The van der Waals surface area contributed by atoms with E-state index in [4.69, 9.17) is 21.6 Å². The number of aromatic amines is 1. The van der Waals surface area contributed by atoms with Crippen molar-refractivity contribution in [3.05, 3.63) is 53.2 Å². The molecule has 2 atom stereocenters. The SMILES string of the molecule is COc1cc(C2=CC3C(S2)C(=O)N(c2cncc4cn[nH]c24)C(=O)N3CCC#N)c(Cl)cc1F. The van der Waals surface area contributed by atoms with Crippen LogP contribution in [0.2, 0.25) is 5.02 Å². The average Bonchev–Trinajstić information content (AvgIpc) is 3.47. The van der Waals surface area contributed by atoms with Crippen LogP contribution in [0.3, 0.4) is 0 Å². The lowest BCUT2D eigenvalue weighted by atomic mass is 10.0. The van der Waals surface area contributed by atoms with E-state index in [0.717, 1.165) is 11.0 Å². The smallest absolute Gasteiger partial charge is 0.332 e. The lowest BCUT2D eigenvalue weighted by Gasteiger charge is -2.40. The first kappa shape index (κ1) is 22.2. The van der Waals surface area contributed by atoms with E-state index in [0.29, 0.717) is 21.4 Å². The Morgan fingerprint density at radius 2 is 2.15 bits per heavy atom. The van der Waals surface area contributed by atoms with Crippen LogP contribution in [0.15, 0.2) is 36.8 Å². The maximum atomic E-state index is 14.1. The predicted molar refractivity (Wildman–Crippen MR) is 125 cm³/mol. The summed E-state index contributed by atoms with van der Waals surface area (Å²) in [5.41, 5.74) is 1.27. The number of aromatic nitrogens is 3. The van der Waals surface area contributed by atoms with Crippen LogP contribution in [0.1, 0.15) is 12.0 Å². The quantitative estimate of drug-likeness (QED) is 0.566. The average molecular weight is 499 g/mol. The number of urea groups is 1. The fourth-order valence-electron chi connectivity index (χ4n) is 4.10. The molecule has 34 heavy (non-hydrogen) atoms. The molecular formula is C22H16ClFN6O3S. The summed E-state index contributed by atoms with van der Waals surface area (Å²) in [5.74, 6) is -1.03. The standard InChI is InChI=1S/C22H16ClFN6O3S/c1-33-17-5-12(13(23)6-14(17)24)18-7-15-20(34-18)21(31)30(22(32)29(15)4-2-3-25)16-10-26-8-11-9-27-28-19(11)16/h5-10,15,20H,2,4H2,1H3,(H,27,28). The Balaban J connectivity index is 1.58. The maximum absolute atomic E-state index is 14.1. The van der Waals surface area contributed by atoms with E-state index in [1.165, 1.54) is 36.0 Å². The van der Waals surface area contributed by atoms with Crippen molar-refractivity contribution >= 4 is 56.8 Å². The van der Waals surface area contributed by atoms with Gasteiger partial charge in [-0.15, -0.1) is 11.8 Å². The zero-order chi connectivity index (χ0) is 24.0. The van der Waals surface area contributed by atoms with E-state index in [9.17, 15) is 14.0 Å². The van der Waals surface area contributed by atoms with Gasteiger partial charge in [-0.1, -0.05) is 11.6 Å². The fraction of sp³-hybridized carbons (Fsp3) is 0.227. The molecule has 12 heteroatoms. The highest BCUT2D eigenvalue weighted by Gasteiger charge is 2.50. The van der Waals surface area contributed by atoms with Crippen molar-refractivity contribution in [2.45, 2.75) is 17.7 Å². The highest BCUT2D eigenvalue weighted by Crippen LogP contribution is 2.47. The summed E-state index contributed by atoms with van der Waals surface area (Å²) in [5, 5.41) is 16.0. The van der Waals surface area contributed by atoms with E-state index in [1.54, 1.807) is 18.5 Å². The summed E-state index contributed by atoms with van der Waals surface area (Å²) in [4.78, 5) is 34.5. The second-order valence-electron chi connectivity index (χ2n) is 7.58. The molecule has 1 saturated heterocycles. The monoisotopic (exact) mass is 498 g/mol. The second-order valence-corrected chi connectivity index (χ2v) is 9.17. The van der Waals surface area contributed by atoms with E-state index in [2.05, 4.69) is 15.2 Å². The van der Waals surface area contributed by atoms with Gasteiger partial charge in [0.1, 0.15) is 5.25 Å². The van der Waals surface area contributed by atoms with Gasteiger partial charge in [0.05, 0.1) is 54.3 Å². The zero-order valence-corrected chi connectivity index (χ0v) is 19.2. The first-order valence-corrected chi connectivity index (χ1v) is 11.4. The molecule has 1 fully saturated rings. The lowest BCUT2D eigenvalue weighted by Crippen LogP contribution is -2.62. The molecule has 2 aromatic heterocycles. The van der Waals surface area contributed by atoms with Gasteiger partial charge in [0.2, 0.25) is 0 Å². The molecule has 2 aliphatic heterocycles. The number of pyridine rings is 1. The molecular weight excluding hydrogens is 483 g/mol. The zero-order valence-electron chi connectivity index (χ0n) is 17.7. The number of ether oxygens (including phenoxy) is 1. The van der Waals surface area contributed by atoms with Gasteiger partial charge in [0.15, 0.2) is 11.6 Å². The minimum Gasteiger partial charge on any atom is -0.494 e. The molecule has 0 saturated carbocycles. The number of imide groups is 1. The number of benzene rings is 1. The molecule has 0 aliphatic carbocycles. The van der Waals surface area contributed by atoms with Gasteiger partial charge in [-0.3, -0.25) is 14.9 Å². The highest BCUT2D eigenvalue weighted by molar-refractivity contribution is 8.09. The summed E-state index contributed by atoms with van der Waals surface area (Å²) in [6.45, 7) is 0.122. The third kappa shape index (κ3) is 3.46. The molecule has 1 N–H and O–H groups in total. The van der Waals surface area contributed by atoms with Crippen molar-refractivity contribution in [1.29, 1.82) is 5.26 Å². The number of fused-ring (bicyclic) bond motifs is 2. The topological polar surface area (TPSA) is 115 Å². The van der Waals surface area contributed by atoms with E-state index in [-0.39, 0.29) is 29.4 Å². The molecule has 5 rings (SSSR count). The summed E-state index contributed by atoms with van der Waals surface area (Å²) in [7, 11) is 1.35. The van der Waals surface area contributed by atoms with Gasteiger partial charge in [-0.2, -0.15) is 10.4 Å². The van der Waals surface area contributed by atoms with Crippen LogP contribution >= 0.6 is 23.4 Å². The number of rotatable bonds is 5. The van der Waals surface area contributed by atoms with Crippen LogP contribution in [0.25, 0.3) is 15.8 Å². The Hall–Kier alpha value is -3.62. The number of carbonyl (C=O) groups is 2. The Morgan fingerprint density at radius 3 is 2.91 bits per heavy atom. The molecule has 172 valence electrons. The van der Waals surface area contributed by atoms with E-state index < -0.39 is 29.0 Å². The molecule has 0 radical (unpaired) electrons. The summed E-state index contributed by atoms with van der Waals surface area (Å²) >= 11 is 7.53. The van der Waals surface area contributed by atoms with Crippen molar-refractivity contribution in [1.82, 2.24) is 20.1 Å². The molecule has 4 heterocycles. The number of nitrogens with zero attached hydrogens (tertiary/aromatic N) is 5. The number of H-pyrrole nitrogens is 1. The van der Waals surface area contributed by atoms with Crippen LogP contribution in [0.4, 0.5) is 14.9 Å². The first-order chi connectivity index (χ1) is 16.4. The number of nitriles is 1. The molecule has 3 amide bonds. The van der Waals surface area contributed by atoms with Crippen LogP contribution < -0.4 is 9.64 Å². The summed E-state index contributed by atoms with van der Waals surface area (Å²) in [6, 6.07) is 3.49. The van der Waals surface area contributed by atoms with Gasteiger partial charge in [-0.05, 0) is 18.2 Å². The number of hydrogen-bond acceptors (Lipinski definition) is 7. The molecule has 9 nitrogen and oxygen atoms in total. The number of carbonyl (C=O) groups excluding carboxylic acids is 2. The lowest BCUT2D eigenvalue weighted by molar-refractivity contribution is -0.119. The maximum Gasteiger partial charge on any atom is 0.332 e. The highest BCUT2D eigenvalue weighted by atomic mass is 35.5. The molecule has 2 unspecified atom stereocenters. The molecule has 2 aliphatic rings. The largest absolute Gasteiger partial charge is 0.494 e. The molecule has 3 aromatic rings. The predicted octanol–water partition coefficient (Wildman–Crippen LogP) is 3.97. The van der Waals surface area contributed by atoms with Gasteiger partial charge in [0.25, 0.3) is 5.91 Å². The van der Waals surface area contributed by atoms with Gasteiger partial charge >= 0.3 is 6.03 Å². The van der Waals surface area contributed by atoms with Crippen molar-refractivity contribution in [3.63, 3.8) is 0 Å². The fourth-order valence-corrected chi connectivity index (χ4v) is 5.77. The van der Waals surface area contributed by atoms with Gasteiger partial charge in [0, 0.05) is 28.6 Å². The van der Waals surface area contributed by atoms with E-state index in [1.807, 2.05) is 6.07 Å². The van der Waals surface area contributed by atoms with Crippen LogP contribution in [-0.4, -0.2) is 57.0 Å². The van der Waals surface area contributed by atoms with Crippen molar-refractivity contribution in [2.24, 2.45) is 0 Å². The first-order valence-electron chi connectivity index (χ1n) is 10.1. The van der Waals surface area contributed by atoms with Crippen molar-refractivity contribution < 1.29 is 18.7 Å². The third-order valence-corrected chi connectivity index (χ3v) is 7.35. The number of anilines is 1. The Kier molecular flexibility index (Phi) is 5.63. The molecule has 0 bridgehead atoms. The van der Waals surface area contributed by atoms with Gasteiger partial charge in [-0.25, -0.2) is 14.1 Å². The Bertz CT molecular complexity index is 1400. The Labute approximate surface area is 202 Å². The van der Waals surface area contributed by atoms with E-state index >= 15 is 0 Å². The number of amides is 3. The summed E-state index contributed by atoms with van der Waals surface area (Å²) in [6.07, 6.45) is 6.39. The normalized spacial score (nSPS) is 19.9. The molecule has 0 spiro atoms. The second kappa shape index (κ2) is 8.62. The Morgan fingerprint density at radius 1 is 1.32 bits per heavy atom. The number of thioether (sulfide) groups is 1. The minimum atomic E-state index is -0.698. The summed E-state index contributed by atoms with van der Waals surface area (Å²) < 4.78 is 19.2.